The van der Waals surface area contributed by atoms with E-state index in [1.54, 1.807) is 17.5 Å². The Balaban J connectivity index is 2.32. The highest BCUT2D eigenvalue weighted by atomic mass is 16.5. The lowest BCUT2D eigenvalue weighted by atomic mass is 10.3. The topological polar surface area (TPSA) is 56.5 Å². The molecule has 5 nitrogen and oxygen atoms in total. The number of hydrogen-bond donors (Lipinski definition) is 0. The smallest absolute Gasteiger partial charge is 0.330 e. The molecule has 0 unspecified atom stereocenters. The molecule has 0 atom stereocenters. The standard InChI is InChI=1S/C12H13N3O2/c1-3-17-12(16)8-7-10-5-4-6-11-13-9(2)14-15(10)11/h4-8H,3H2,1-2H3. The van der Waals surface area contributed by atoms with Crippen molar-refractivity contribution in [1.82, 2.24) is 14.6 Å². The molecule has 0 spiro atoms. The zero-order valence-corrected chi connectivity index (χ0v) is 9.75. The van der Waals surface area contributed by atoms with Crippen LogP contribution in [0.5, 0.6) is 0 Å². The number of aryl methyl sites for hydroxylation is 1. The van der Waals surface area contributed by atoms with Crippen LogP contribution in [0, 0.1) is 6.92 Å². The van der Waals surface area contributed by atoms with Crippen molar-refractivity contribution in [2.45, 2.75) is 13.8 Å². The molecule has 2 aromatic heterocycles. The van der Waals surface area contributed by atoms with Gasteiger partial charge in [0.15, 0.2) is 5.65 Å². The van der Waals surface area contributed by atoms with Gasteiger partial charge in [-0.25, -0.2) is 14.3 Å². The van der Waals surface area contributed by atoms with E-state index in [0.717, 1.165) is 11.3 Å². The number of rotatable bonds is 3. The first kappa shape index (κ1) is 11.3. The third-order valence-corrected chi connectivity index (χ3v) is 2.17. The van der Waals surface area contributed by atoms with Gasteiger partial charge in [-0.1, -0.05) is 6.07 Å². The molecular formula is C12H13N3O2. The molecule has 0 aliphatic rings. The zero-order valence-electron chi connectivity index (χ0n) is 9.75. The average molecular weight is 231 g/mol. The van der Waals surface area contributed by atoms with Crippen molar-refractivity contribution in [3.05, 3.63) is 35.8 Å². The van der Waals surface area contributed by atoms with Crippen LogP contribution in [0.25, 0.3) is 11.7 Å². The minimum absolute atomic E-state index is 0.360. The van der Waals surface area contributed by atoms with Gasteiger partial charge in [-0.2, -0.15) is 5.10 Å². The van der Waals surface area contributed by atoms with Crippen molar-refractivity contribution in [2.24, 2.45) is 0 Å². The summed E-state index contributed by atoms with van der Waals surface area (Å²) in [6, 6.07) is 5.59. The molecule has 2 heterocycles. The Morgan fingerprint density at radius 2 is 2.35 bits per heavy atom. The average Bonchev–Trinajstić information content (AvgIpc) is 2.67. The highest BCUT2D eigenvalue weighted by molar-refractivity contribution is 5.86. The van der Waals surface area contributed by atoms with Gasteiger partial charge < -0.3 is 4.74 Å². The van der Waals surface area contributed by atoms with Gasteiger partial charge >= 0.3 is 5.97 Å². The molecule has 88 valence electrons. The number of aromatic nitrogens is 3. The summed E-state index contributed by atoms with van der Waals surface area (Å²) in [5, 5.41) is 4.24. The van der Waals surface area contributed by atoms with E-state index in [4.69, 9.17) is 4.74 Å². The number of pyridine rings is 1. The van der Waals surface area contributed by atoms with Gasteiger partial charge in [-0.05, 0) is 32.1 Å². The first-order valence-electron chi connectivity index (χ1n) is 5.38. The molecule has 0 amide bonds. The molecule has 2 aromatic rings. The molecule has 0 N–H and O–H groups in total. The summed E-state index contributed by atoms with van der Waals surface area (Å²) >= 11 is 0. The fourth-order valence-electron chi connectivity index (χ4n) is 1.50. The maximum absolute atomic E-state index is 11.2. The quantitative estimate of drug-likeness (QED) is 0.595. The van der Waals surface area contributed by atoms with E-state index in [1.807, 2.05) is 25.1 Å². The Morgan fingerprint density at radius 3 is 3.12 bits per heavy atom. The summed E-state index contributed by atoms with van der Waals surface area (Å²) in [4.78, 5) is 15.4. The lowest BCUT2D eigenvalue weighted by Gasteiger charge is -1.98. The number of esters is 1. The molecule has 0 saturated carbocycles. The summed E-state index contributed by atoms with van der Waals surface area (Å²) in [5.41, 5.74) is 1.55. The van der Waals surface area contributed by atoms with Crippen LogP contribution in [0.4, 0.5) is 0 Å². The lowest BCUT2D eigenvalue weighted by molar-refractivity contribution is -0.137. The van der Waals surface area contributed by atoms with Gasteiger partial charge in [0.05, 0.1) is 12.3 Å². The molecule has 0 aliphatic carbocycles. The summed E-state index contributed by atoms with van der Waals surface area (Å²) < 4.78 is 6.50. The van der Waals surface area contributed by atoms with E-state index in [-0.39, 0.29) is 5.97 Å². The predicted octanol–water partition coefficient (Wildman–Crippen LogP) is 1.61. The molecule has 0 aliphatic heterocycles. The molecule has 5 heteroatoms. The molecule has 2 rings (SSSR count). The Hall–Kier alpha value is -2.17. The number of hydrogen-bond acceptors (Lipinski definition) is 4. The van der Waals surface area contributed by atoms with Crippen molar-refractivity contribution in [1.29, 1.82) is 0 Å². The van der Waals surface area contributed by atoms with Crippen LogP contribution in [0.15, 0.2) is 24.3 Å². The third-order valence-electron chi connectivity index (χ3n) is 2.17. The Labute approximate surface area is 98.7 Å². The maximum atomic E-state index is 11.2. The van der Waals surface area contributed by atoms with E-state index in [0.29, 0.717) is 12.4 Å². The fourth-order valence-corrected chi connectivity index (χ4v) is 1.50. The van der Waals surface area contributed by atoms with Crippen molar-refractivity contribution in [3.8, 4) is 0 Å². The highest BCUT2D eigenvalue weighted by Crippen LogP contribution is 2.07. The minimum Gasteiger partial charge on any atom is -0.463 e. The number of ether oxygens (including phenoxy) is 1. The van der Waals surface area contributed by atoms with E-state index >= 15 is 0 Å². The first-order valence-corrected chi connectivity index (χ1v) is 5.38. The van der Waals surface area contributed by atoms with Crippen LogP contribution in [0.1, 0.15) is 18.4 Å². The highest BCUT2D eigenvalue weighted by Gasteiger charge is 2.02. The monoisotopic (exact) mass is 231 g/mol. The van der Waals surface area contributed by atoms with E-state index in [9.17, 15) is 4.79 Å². The molecular weight excluding hydrogens is 218 g/mol. The van der Waals surface area contributed by atoms with Crippen LogP contribution in [-0.4, -0.2) is 27.2 Å². The van der Waals surface area contributed by atoms with E-state index in [1.165, 1.54) is 6.08 Å². The van der Waals surface area contributed by atoms with Crippen molar-refractivity contribution in [2.75, 3.05) is 6.61 Å². The first-order chi connectivity index (χ1) is 8.20. The molecule has 0 saturated heterocycles. The number of fused-ring (bicyclic) bond motifs is 1. The number of nitrogens with zero attached hydrogens (tertiary/aromatic N) is 3. The SMILES string of the molecule is CCOC(=O)C=Cc1cccc2nc(C)nn12. The van der Waals surface area contributed by atoms with Crippen LogP contribution in [-0.2, 0) is 9.53 Å². The maximum Gasteiger partial charge on any atom is 0.330 e. The number of carbonyl (C=O) groups is 1. The Bertz CT molecular complexity index is 572. The normalized spacial score (nSPS) is 11.2. The van der Waals surface area contributed by atoms with E-state index < -0.39 is 0 Å². The van der Waals surface area contributed by atoms with Gasteiger partial charge in [0, 0.05) is 6.08 Å². The zero-order chi connectivity index (χ0) is 12.3. The number of carbonyl (C=O) groups excluding carboxylic acids is 1. The summed E-state index contributed by atoms with van der Waals surface area (Å²) in [6.45, 7) is 3.97. The minimum atomic E-state index is -0.360. The fraction of sp³-hybridized carbons (Fsp3) is 0.250. The molecule has 0 fully saturated rings. The van der Waals surface area contributed by atoms with Gasteiger partial charge in [-0.3, -0.25) is 0 Å². The molecule has 0 bridgehead atoms. The second kappa shape index (κ2) is 4.78. The second-order valence-electron chi connectivity index (χ2n) is 3.47. The van der Waals surface area contributed by atoms with Gasteiger partial charge in [0.1, 0.15) is 5.82 Å². The van der Waals surface area contributed by atoms with Gasteiger partial charge in [-0.15, -0.1) is 0 Å². The molecule has 0 radical (unpaired) electrons. The van der Waals surface area contributed by atoms with Gasteiger partial charge in [0.25, 0.3) is 0 Å². The van der Waals surface area contributed by atoms with Crippen LogP contribution in [0.2, 0.25) is 0 Å². The van der Waals surface area contributed by atoms with Crippen molar-refractivity contribution in [3.63, 3.8) is 0 Å². The largest absolute Gasteiger partial charge is 0.463 e. The molecule has 17 heavy (non-hydrogen) atoms. The van der Waals surface area contributed by atoms with Gasteiger partial charge in [0.2, 0.25) is 0 Å². The van der Waals surface area contributed by atoms with Crippen LogP contribution < -0.4 is 0 Å². The third kappa shape index (κ3) is 2.50. The molecule has 0 aromatic carbocycles. The van der Waals surface area contributed by atoms with Crippen molar-refractivity contribution < 1.29 is 9.53 Å². The summed E-state index contributed by atoms with van der Waals surface area (Å²) in [6.07, 6.45) is 3.05. The van der Waals surface area contributed by atoms with Crippen molar-refractivity contribution >= 4 is 17.7 Å². The summed E-state index contributed by atoms with van der Waals surface area (Å²) in [7, 11) is 0. The van der Waals surface area contributed by atoms with E-state index in [2.05, 4.69) is 10.1 Å². The van der Waals surface area contributed by atoms with Crippen LogP contribution >= 0.6 is 0 Å². The van der Waals surface area contributed by atoms with Crippen LogP contribution in [0.3, 0.4) is 0 Å². The Kier molecular flexibility index (Phi) is 3.18. The summed E-state index contributed by atoms with van der Waals surface area (Å²) in [5.74, 6) is 0.336. The second-order valence-corrected chi connectivity index (χ2v) is 3.47. The Morgan fingerprint density at radius 1 is 1.53 bits per heavy atom. The predicted molar refractivity (Wildman–Crippen MR) is 63.4 cm³/mol. The lowest BCUT2D eigenvalue weighted by Crippen LogP contribution is -1.99.